The molecule has 0 radical (unpaired) electrons. The number of nitrogen functional groups attached to an aromatic ring is 1. The summed E-state index contributed by atoms with van der Waals surface area (Å²) in [4.78, 5) is 48.1. The van der Waals surface area contributed by atoms with Gasteiger partial charge in [-0.25, -0.2) is 9.78 Å². The van der Waals surface area contributed by atoms with E-state index in [0.29, 0.717) is 5.57 Å². The number of thiazole rings is 1. The number of nitrogens with zero attached hydrogens (tertiary/aromatic N) is 4. The highest BCUT2D eigenvalue weighted by atomic mass is 32.2. The molecule has 0 bridgehead atoms. The number of fused-ring (bicyclic) bond motifs is 2. The Morgan fingerprint density at radius 1 is 1.32 bits per heavy atom. The number of alkyl halides is 3. The normalized spacial score (nSPS) is 19.4. The fraction of sp³-hybridized carbons (Fsp3) is 0.250. The van der Waals surface area contributed by atoms with E-state index in [-0.39, 0.29) is 45.4 Å². The maximum atomic E-state index is 13.5. The molecular weight excluding hydrogens is 573 g/mol. The SMILES string of the molecule is CO/N=C(\C(=O)NC1C(=O)N2C(C(=O)O)=C(C[n+]3cccc4c(C(F)(F)F)cccc43)CS[C@H]12)c1csc(N)n1. The first-order valence-corrected chi connectivity index (χ1v) is 13.5. The minimum atomic E-state index is -4.57. The van der Waals surface area contributed by atoms with Crippen molar-refractivity contribution >= 4 is 62.6 Å². The van der Waals surface area contributed by atoms with E-state index in [1.54, 1.807) is 6.20 Å². The van der Waals surface area contributed by atoms with Crippen LogP contribution in [0.15, 0.2) is 58.3 Å². The average Bonchev–Trinajstić information content (AvgIpc) is 3.34. The minimum absolute atomic E-state index is 0.0329. The zero-order valence-corrected chi connectivity index (χ0v) is 22.1. The maximum Gasteiger partial charge on any atom is 0.417 e. The Labute approximate surface area is 232 Å². The summed E-state index contributed by atoms with van der Waals surface area (Å²) in [5.74, 6) is -2.62. The molecule has 1 aromatic carbocycles. The minimum Gasteiger partial charge on any atom is -0.477 e. The van der Waals surface area contributed by atoms with Crippen LogP contribution in [-0.4, -0.2) is 62.8 Å². The number of carboxylic acids is 1. The zero-order chi connectivity index (χ0) is 28.8. The zero-order valence-electron chi connectivity index (χ0n) is 20.5. The van der Waals surface area contributed by atoms with Gasteiger partial charge in [0.2, 0.25) is 5.52 Å². The number of nitrogens with one attached hydrogen (secondary N) is 1. The van der Waals surface area contributed by atoms with E-state index < -0.39 is 40.9 Å². The van der Waals surface area contributed by atoms with Crippen LogP contribution >= 0.6 is 23.1 Å². The van der Waals surface area contributed by atoms with Crippen molar-refractivity contribution in [1.82, 2.24) is 15.2 Å². The topological polar surface area (TPSA) is 151 Å². The third kappa shape index (κ3) is 4.83. The number of benzene rings is 1. The van der Waals surface area contributed by atoms with Gasteiger partial charge in [0.1, 0.15) is 29.9 Å². The summed E-state index contributed by atoms with van der Waals surface area (Å²) in [6.45, 7) is -0.0588. The molecule has 2 aliphatic rings. The van der Waals surface area contributed by atoms with Gasteiger partial charge in [0.05, 0.1) is 10.9 Å². The number of aliphatic carboxylic acids is 1. The summed E-state index contributed by atoms with van der Waals surface area (Å²) in [5.41, 5.74) is 5.09. The number of oxime groups is 1. The van der Waals surface area contributed by atoms with Gasteiger partial charge in [-0.15, -0.1) is 23.1 Å². The van der Waals surface area contributed by atoms with Gasteiger partial charge < -0.3 is 21.0 Å². The third-order valence-electron chi connectivity index (χ3n) is 6.29. The molecule has 40 heavy (non-hydrogen) atoms. The van der Waals surface area contributed by atoms with Gasteiger partial charge in [-0.1, -0.05) is 11.2 Å². The van der Waals surface area contributed by atoms with Crippen molar-refractivity contribution in [2.75, 3.05) is 18.6 Å². The van der Waals surface area contributed by atoms with E-state index in [1.807, 2.05) is 0 Å². The lowest BCUT2D eigenvalue weighted by Crippen LogP contribution is -2.71. The number of hydrogen-bond acceptors (Lipinski definition) is 9. The number of β-lactam (4-membered cyclic amide) rings is 1. The second-order valence-corrected chi connectivity index (χ2v) is 10.7. The fourth-order valence-electron chi connectivity index (χ4n) is 4.60. The van der Waals surface area contributed by atoms with Gasteiger partial charge in [-0.05, 0) is 12.1 Å². The Hall–Kier alpha value is -4.18. The predicted molar refractivity (Wildman–Crippen MR) is 139 cm³/mol. The number of carbonyl (C=O) groups excluding carboxylic acids is 2. The molecule has 4 heterocycles. The van der Waals surface area contributed by atoms with Crippen molar-refractivity contribution in [2.24, 2.45) is 5.16 Å². The van der Waals surface area contributed by atoms with E-state index >= 15 is 0 Å². The van der Waals surface area contributed by atoms with Gasteiger partial charge in [0, 0.05) is 28.8 Å². The van der Waals surface area contributed by atoms with Crippen LogP contribution in [0.4, 0.5) is 18.3 Å². The van der Waals surface area contributed by atoms with Crippen molar-refractivity contribution in [3.8, 4) is 0 Å². The van der Waals surface area contributed by atoms with Crippen LogP contribution in [0, 0.1) is 0 Å². The van der Waals surface area contributed by atoms with Crippen molar-refractivity contribution in [3.63, 3.8) is 0 Å². The van der Waals surface area contributed by atoms with Crippen molar-refractivity contribution in [2.45, 2.75) is 24.1 Å². The van der Waals surface area contributed by atoms with Crippen LogP contribution < -0.4 is 15.6 Å². The average molecular weight is 594 g/mol. The Morgan fingerprint density at radius 3 is 2.75 bits per heavy atom. The van der Waals surface area contributed by atoms with Gasteiger partial charge >= 0.3 is 12.1 Å². The second-order valence-electron chi connectivity index (χ2n) is 8.68. The van der Waals surface area contributed by atoms with E-state index in [4.69, 9.17) is 10.6 Å². The predicted octanol–water partition coefficient (Wildman–Crippen LogP) is 1.97. The number of aromatic nitrogens is 2. The first kappa shape index (κ1) is 27.4. The maximum absolute atomic E-state index is 13.5. The standard InChI is InChI=1S/C24H19F3N6O5S2/c1-38-31-16(14-10-40-23(28)29-14)19(34)30-17-20(35)33-18(22(36)37)11(9-39-21(17)33)8-32-7-3-4-12-13(24(25,26)27)5-2-6-15(12)32/h2-7,10,17,21H,8-9H2,1H3,(H3-,28,29,30,34,36,37)/p+1/b31-16-/t17?,21-/m1/s1. The highest BCUT2D eigenvalue weighted by molar-refractivity contribution is 8.00. The molecule has 11 nitrogen and oxygen atoms in total. The molecule has 2 aliphatic heterocycles. The summed E-state index contributed by atoms with van der Waals surface area (Å²) in [6, 6.07) is 5.53. The molecule has 1 fully saturated rings. The molecule has 0 saturated carbocycles. The molecule has 4 N–H and O–H groups in total. The Bertz CT molecular complexity index is 1610. The van der Waals surface area contributed by atoms with E-state index in [9.17, 15) is 32.7 Å². The monoisotopic (exact) mass is 593 g/mol. The third-order valence-corrected chi connectivity index (χ3v) is 8.30. The molecule has 3 aromatic rings. The number of carbonyl (C=O) groups is 3. The summed E-state index contributed by atoms with van der Waals surface area (Å²) >= 11 is 2.31. The number of hydrogen-bond donors (Lipinski definition) is 3. The number of nitrogens with two attached hydrogens (primary N) is 1. The molecule has 16 heteroatoms. The van der Waals surface area contributed by atoms with E-state index in [0.717, 1.165) is 22.3 Å². The largest absolute Gasteiger partial charge is 0.477 e. The van der Waals surface area contributed by atoms with E-state index in [1.165, 1.54) is 53.1 Å². The summed E-state index contributed by atoms with van der Waals surface area (Å²) in [6.07, 6.45) is -3.02. The quantitative estimate of drug-likeness (QED) is 0.163. The molecule has 2 aromatic heterocycles. The molecule has 208 valence electrons. The van der Waals surface area contributed by atoms with E-state index in [2.05, 4.69) is 15.5 Å². The molecule has 2 amide bonds. The van der Waals surface area contributed by atoms with Gasteiger partial charge in [-0.3, -0.25) is 14.5 Å². The number of carboxylic acid groups (broad SMARTS) is 1. The number of amides is 2. The van der Waals surface area contributed by atoms with Crippen LogP contribution in [0.1, 0.15) is 11.3 Å². The van der Waals surface area contributed by atoms with Gasteiger partial charge in [0.15, 0.2) is 23.6 Å². The lowest BCUT2D eigenvalue weighted by Gasteiger charge is -2.49. The van der Waals surface area contributed by atoms with Gasteiger partial charge in [-0.2, -0.15) is 17.7 Å². The Kier molecular flexibility index (Phi) is 7.14. The summed E-state index contributed by atoms with van der Waals surface area (Å²) in [7, 11) is 1.24. The van der Waals surface area contributed by atoms with Crippen LogP contribution in [0.3, 0.4) is 0 Å². The van der Waals surface area contributed by atoms with Crippen LogP contribution in [0.25, 0.3) is 10.9 Å². The Balaban J connectivity index is 1.41. The van der Waals surface area contributed by atoms with Gasteiger partial charge in [0.25, 0.3) is 11.8 Å². The smallest absolute Gasteiger partial charge is 0.417 e. The van der Waals surface area contributed by atoms with Crippen LogP contribution in [0.5, 0.6) is 0 Å². The molecular formula is C24H20F3N6O5S2+. The number of rotatable bonds is 7. The summed E-state index contributed by atoms with van der Waals surface area (Å²) in [5, 5.41) is 17.2. The number of halogens is 3. The number of anilines is 1. The molecule has 2 atom stereocenters. The van der Waals surface area contributed by atoms with Crippen molar-refractivity contribution in [3.05, 3.63) is 64.4 Å². The van der Waals surface area contributed by atoms with Crippen LogP contribution in [0.2, 0.25) is 0 Å². The number of thioether (sulfide) groups is 1. The lowest BCUT2D eigenvalue weighted by atomic mass is 10.0. The highest BCUT2D eigenvalue weighted by Crippen LogP contribution is 2.41. The molecule has 0 aliphatic carbocycles. The molecule has 0 spiro atoms. The second kappa shape index (κ2) is 10.4. The van der Waals surface area contributed by atoms with Crippen molar-refractivity contribution < 1.29 is 42.1 Å². The Morgan fingerprint density at radius 2 is 2.10 bits per heavy atom. The first-order valence-electron chi connectivity index (χ1n) is 11.5. The number of pyridine rings is 1. The van der Waals surface area contributed by atoms with Crippen molar-refractivity contribution in [1.29, 1.82) is 0 Å². The molecule has 1 unspecified atom stereocenters. The summed E-state index contributed by atoms with van der Waals surface area (Å²) < 4.78 is 42.1. The highest BCUT2D eigenvalue weighted by Gasteiger charge is 2.55. The first-order chi connectivity index (χ1) is 19.0. The fourth-order valence-corrected chi connectivity index (χ4v) is 6.48. The molecule has 1 saturated heterocycles. The van der Waals surface area contributed by atoms with Crippen LogP contribution in [-0.2, 0) is 31.9 Å². The lowest BCUT2D eigenvalue weighted by molar-refractivity contribution is -0.663. The molecule has 5 rings (SSSR count).